The van der Waals surface area contributed by atoms with E-state index in [0.717, 1.165) is 16.9 Å². The van der Waals surface area contributed by atoms with Gasteiger partial charge in [-0.15, -0.1) is 0 Å². The van der Waals surface area contributed by atoms with E-state index in [4.69, 9.17) is 14.2 Å². The molecule has 1 aliphatic carbocycles. The minimum Gasteiger partial charge on any atom is -0.487 e. The lowest BCUT2D eigenvalue weighted by molar-refractivity contribution is -0.116. The molecule has 3 amide bonds. The summed E-state index contributed by atoms with van der Waals surface area (Å²) in [5.41, 5.74) is 2.46. The minimum atomic E-state index is -0.323. The van der Waals surface area contributed by atoms with Crippen molar-refractivity contribution in [2.24, 2.45) is 0 Å². The lowest BCUT2D eigenvalue weighted by atomic mass is 10.1. The molecule has 0 radical (unpaired) electrons. The monoisotopic (exact) mass is 459 g/mol. The van der Waals surface area contributed by atoms with Gasteiger partial charge in [-0.1, -0.05) is 0 Å². The Morgan fingerprint density at radius 1 is 1.15 bits per heavy atom. The van der Waals surface area contributed by atoms with Crippen LogP contribution in [0.4, 0.5) is 16.3 Å². The van der Waals surface area contributed by atoms with Crippen molar-refractivity contribution in [3.8, 4) is 23.1 Å². The molecule has 0 spiro atoms. The largest absolute Gasteiger partial charge is 0.487 e. The van der Waals surface area contributed by atoms with Crippen molar-refractivity contribution in [2.45, 2.75) is 30.9 Å². The number of ether oxygens (including phenoxy) is 3. The van der Waals surface area contributed by atoms with Gasteiger partial charge in [0.2, 0.25) is 11.8 Å². The summed E-state index contributed by atoms with van der Waals surface area (Å²) < 4.78 is 17.2. The number of hydrogen-bond donors (Lipinski definition) is 3. The second-order valence-corrected chi connectivity index (χ2v) is 8.31. The Morgan fingerprint density at radius 2 is 2.03 bits per heavy atom. The number of aromatic nitrogens is 2. The van der Waals surface area contributed by atoms with E-state index in [2.05, 4.69) is 25.9 Å². The Kier molecular flexibility index (Phi) is 4.72. The van der Waals surface area contributed by atoms with Crippen LogP contribution < -0.4 is 30.2 Å². The van der Waals surface area contributed by atoms with Gasteiger partial charge in [0.25, 0.3) is 0 Å². The third-order valence-corrected chi connectivity index (χ3v) is 6.16. The van der Waals surface area contributed by atoms with Crippen molar-refractivity contribution in [1.29, 1.82) is 0 Å². The van der Waals surface area contributed by atoms with Crippen LogP contribution >= 0.6 is 0 Å². The van der Waals surface area contributed by atoms with E-state index in [1.807, 2.05) is 18.2 Å². The lowest BCUT2D eigenvalue weighted by Crippen LogP contribution is -2.34. The van der Waals surface area contributed by atoms with Crippen molar-refractivity contribution in [2.75, 3.05) is 17.7 Å². The van der Waals surface area contributed by atoms with Crippen molar-refractivity contribution in [3.05, 3.63) is 59.9 Å². The Labute approximate surface area is 194 Å². The number of fused-ring (bicyclic) bond motifs is 4. The molecule has 1 saturated carbocycles. The SMILES string of the molecule is COc1cc(NC(=O)NC2C3Oc4ccc(Oc5ccnc6c5CCC(=O)N6)cc4C23)ccn1. The zero-order chi connectivity index (χ0) is 23.2. The zero-order valence-corrected chi connectivity index (χ0v) is 18.2. The molecule has 3 N–H and O–H groups in total. The van der Waals surface area contributed by atoms with Crippen LogP contribution in [0.2, 0.25) is 0 Å². The van der Waals surface area contributed by atoms with Crippen LogP contribution in [0.5, 0.6) is 23.1 Å². The summed E-state index contributed by atoms with van der Waals surface area (Å²) in [4.78, 5) is 32.4. The summed E-state index contributed by atoms with van der Waals surface area (Å²) in [6, 6.07) is 10.4. The summed E-state index contributed by atoms with van der Waals surface area (Å²) >= 11 is 0. The number of hydrogen-bond acceptors (Lipinski definition) is 7. The molecule has 34 heavy (non-hydrogen) atoms. The number of nitrogens with zero attached hydrogens (tertiary/aromatic N) is 2. The molecule has 1 fully saturated rings. The predicted octanol–water partition coefficient (Wildman–Crippen LogP) is 3.21. The van der Waals surface area contributed by atoms with Gasteiger partial charge in [-0.3, -0.25) is 4.79 Å². The Morgan fingerprint density at radius 3 is 2.91 bits per heavy atom. The third kappa shape index (κ3) is 3.62. The van der Waals surface area contributed by atoms with Gasteiger partial charge in [-0.05, 0) is 36.8 Å². The maximum Gasteiger partial charge on any atom is 0.319 e. The molecule has 172 valence electrons. The van der Waals surface area contributed by atoms with Crippen molar-refractivity contribution in [3.63, 3.8) is 0 Å². The number of nitrogens with one attached hydrogen (secondary N) is 3. The lowest BCUT2D eigenvalue weighted by Gasteiger charge is -2.19. The second kappa shape index (κ2) is 7.91. The number of urea groups is 1. The number of methoxy groups -OCH3 is 1. The van der Waals surface area contributed by atoms with Crippen LogP contribution in [-0.4, -0.2) is 41.2 Å². The topological polar surface area (TPSA) is 124 Å². The maximum atomic E-state index is 12.5. The number of carbonyl (C=O) groups excluding carboxylic acids is 2. The van der Waals surface area contributed by atoms with E-state index < -0.39 is 0 Å². The summed E-state index contributed by atoms with van der Waals surface area (Å²) in [6.07, 6.45) is 4.05. The molecule has 2 aliphatic heterocycles. The first-order chi connectivity index (χ1) is 16.6. The molecule has 0 saturated heterocycles. The zero-order valence-electron chi connectivity index (χ0n) is 18.2. The number of carbonyl (C=O) groups is 2. The highest BCUT2D eigenvalue weighted by molar-refractivity contribution is 5.93. The van der Waals surface area contributed by atoms with Gasteiger partial charge >= 0.3 is 6.03 Å². The van der Waals surface area contributed by atoms with Crippen LogP contribution in [0.25, 0.3) is 0 Å². The van der Waals surface area contributed by atoms with Gasteiger partial charge in [0.05, 0.1) is 19.1 Å². The van der Waals surface area contributed by atoms with Crippen molar-refractivity contribution >= 4 is 23.4 Å². The second-order valence-electron chi connectivity index (χ2n) is 8.31. The molecular formula is C24H21N5O5. The summed E-state index contributed by atoms with van der Waals surface area (Å²) in [5.74, 6) is 3.10. The van der Waals surface area contributed by atoms with Crippen LogP contribution in [0.15, 0.2) is 48.8 Å². The minimum absolute atomic E-state index is 0.0442. The molecule has 3 aliphatic rings. The van der Waals surface area contributed by atoms with E-state index in [1.54, 1.807) is 30.6 Å². The molecule has 6 rings (SSSR count). The fraction of sp³-hybridized carbons (Fsp3) is 0.250. The first-order valence-corrected chi connectivity index (χ1v) is 10.9. The smallest absolute Gasteiger partial charge is 0.319 e. The summed E-state index contributed by atoms with van der Waals surface area (Å²) in [5, 5.41) is 8.55. The number of anilines is 2. The summed E-state index contributed by atoms with van der Waals surface area (Å²) in [7, 11) is 1.52. The maximum absolute atomic E-state index is 12.5. The van der Waals surface area contributed by atoms with E-state index in [1.165, 1.54) is 7.11 Å². The molecule has 4 heterocycles. The number of rotatable bonds is 5. The molecule has 1 aromatic carbocycles. The van der Waals surface area contributed by atoms with Gasteiger partial charge in [0.1, 0.15) is 29.2 Å². The highest BCUT2D eigenvalue weighted by Crippen LogP contribution is 2.54. The molecule has 10 heteroatoms. The average Bonchev–Trinajstić information content (AvgIpc) is 3.35. The highest BCUT2D eigenvalue weighted by atomic mass is 16.5. The van der Waals surface area contributed by atoms with Crippen LogP contribution in [0, 0.1) is 0 Å². The van der Waals surface area contributed by atoms with Gasteiger partial charge in [-0.2, -0.15) is 0 Å². The molecule has 3 atom stereocenters. The Bertz CT molecular complexity index is 1310. The van der Waals surface area contributed by atoms with Crippen molar-refractivity contribution < 1.29 is 23.8 Å². The van der Waals surface area contributed by atoms with Gasteiger partial charge in [0.15, 0.2) is 0 Å². The van der Waals surface area contributed by atoms with Crippen molar-refractivity contribution in [1.82, 2.24) is 15.3 Å². The van der Waals surface area contributed by atoms with Crippen LogP contribution in [0.3, 0.4) is 0 Å². The van der Waals surface area contributed by atoms with Gasteiger partial charge in [0, 0.05) is 41.7 Å². The first-order valence-electron chi connectivity index (χ1n) is 10.9. The van der Waals surface area contributed by atoms with E-state index in [9.17, 15) is 9.59 Å². The normalized spacial score (nSPS) is 21.2. The number of benzene rings is 1. The van der Waals surface area contributed by atoms with E-state index in [0.29, 0.717) is 41.7 Å². The molecule has 0 bridgehead atoms. The third-order valence-electron chi connectivity index (χ3n) is 6.16. The molecule has 3 unspecified atom stereocenters. The predicted molar refractivity (Wildman–Crippen MR) is 122 cm³/mol. The molecule has 3 aromatic rings. The number of amides is 3. The number of pyridine rings is 2. The average molecular weight is 459 g/mol. The highest BCUT2D eigenvalue weighted by Gasteiger charge is 2.59. The standard InChI is InChI=1S/C24H21N5O5/c1-32-19-10-12(6-8-25-19)27-24(31)29-21-20-15-11-13(2-4-16(15)34-22(20)21)33-17-7-9-26-23-14(17)3-5-18(30)28-23/h2,4,6-11,20-22H,3,5H2,1H3,(H,26,28,30)(H2,25,27,29,31). The molecule has 2 aromatic heterocycles. The summed E-state index contributed by atoms with van der Waals surface area (Å²) in [6.45, 7) is 0. The van der Waals surface area contributed by atoms with Crippen LogP contribution in [0.1, 0.15) is 23.5 Å². The molecular weight excluding hydrogens is 438 g/mol. The Balaban J connectivity index is 1.14. The van der Waals surface area contributed by atoms with Gasteiger partial charge < -0.3 is 30.2 Å². The van der Waals surface area contributed by atoms with E-state index in [-0.39, 0.29) is 30.0 Å². The van der Waals surface area contributed by atoms with E-state index >= 15 is 0 Å². The fourth-order valence-corrected chi connectivity index (χ4v) is 4.47. The quantitative estimate of drug-likeness (QED) is 0.535. The van der Waals surface area contributed by atoms with Crippen LogP contribution in [-0.2, 0) is 11.2 Å². The fourth-order valence-electron chi connectivity index (χ4n) is 4.47. The first kappa shape index (κ1) is 20.3. The Hall–Kier alpha value is -4.34. The van der Waals surface area contributed by atoms with Gasteiger partial charge in [-0.25, -0.2) is 14.8 Å². The molecule has 10 nitrogen and oxygen atoms in total.